The number of hydrogen-bond acceptors (Lipinski definition) is 4. The number of rotatable bonds is 5. The molecule has 1 aromatic carbocycles. The smallest absolute Gasteiger partial charge is 0.279 e. The van der Waals surface area contributed by atoms with Gasteiger partial charge in [-0.2, -0.15) is 5.10 Å². The Labute approximate surface area is 147 Å². The third-order valence-corrected chi connectivity index (χ3v) is 6.03. The van der Waals surface area contributed by atoms with E-state index in [1.54, 1.807) is 4.57 Å². The molecule has 136 valence electrons. The van der Waals surface area contributed by atoms with Crippen LogP contribution in [0, 0.1) is 0 Å². The van der Waals surface area contributed by atoms with Crippen LogP contribution in [-0.2, 0) is 23.1 Å². The molecule has 0 bridgehead atoms. The number of benzene rings is 1. The first-order chi connectivity index (χ1) is 11.9. The van der Waals surface area contributed by atoms with Crippen molar-refractivity contribution in [2.75, 3.05) is 19.3 Å². The van der Waals surface area contributed by atoms with Crippen LogP contribution in [0.5, 0.6) is 0 Å². The average molecular weight is 364 g/mol. The zero-order valence-electron chi connectivity index (χ0n) is 14.6. The van der Waals surface area contributed by atoms with E-state index in [1.165, 1.54) is 15.2 Å². The van der Waals surface area contributed by atoms with Crippen molar-refractivity contribution in [3.05, 3.63) is 52.2 Å². The van der Waals surface area contributed by atoms with Crippen molar-refractivity contribution < 1.29 is 8.42 Å². The van der Waals surface area contributed by atoms with Gasteiger partial charge in [0.2, 0.25) is 10.0 Å². The molecule has 7 nitrogen and oxygen atoms in total. The zero-order valence-corrected chi connectivity index (χ0v) is 15.4. The van der Waals surface area contributed by atoms with Crippen molar-refractivity contribution in [2.45, 2.75) is 38.8 Å². The Morgan fingerprint density at radius 2 is 1.80 bits per heavy atom. The summed E-state index contributed by atoms with van der Waals surface area (Å²) < 4.78 is 28.1. The van der Waals surface area contributed by atoms with E-state index in [-0.39, 0.29) is 11.6 Å². The number of aromatic nitrogens is 3. The Kier molecular flexibility index (Phi) is 5.10. The summed E-state index contributed by atoms with van der Waals surface area (Å²) in [6.45, 7) is 3.90. The number of hydrogen-bond donors (Lipinski definition) is 0. The van der Waals surface area contributed by atoms with Crippen LogP contribution in [0.15, 0.2) is 35.1 Å². The summed E-state index contributed by atoms with van der Waals surface area (Å²) in [7, 11) is -3.15. The highest BCUT2D eigenvalue weighted by Crippen LogP contribution is 2.27. The van der Waals surface area contributed by atoms with E-state index in [0.717, 1.165) is 11.4 Å². The summed E-state index contributed by atoms with van der Waals surface area (Å²) in [4.78, 5) is 12.6. The van der Waals surface area contributed by atoms with Gasteiger partial charge in [0.05, 0.1) is 12.8 Å². The summed E-state index contributed by atoms with van der Waals surface area (Å²) in [6.07, 6.45) is 2.62. The number of piperidine rings is 1. The Morgan fingerprint density at radius 3 is 2.36 bits per heavy atom. The van der Waals surface area contributed by atoms with Crippen LogP contribution in [0.3, 0.4) is 0 Å². The van der Waals surface area contributed by atoms with Gasteiger partial charge in [0.15, 0.2) is 0 Å². The van der Waals surface area contributed by atoms with Gasteiger partial charge in [-0.05, 0) is 25.3 Å². The molecule has 0 saturated carbocycles. The van der Waals surface area contributed by atoms with Crippen molar-refractivity contribution in [1.29, 1.82) is 0 Å². The van der Waals surface area contributed by atoms with Gasteiger partial charge in [-0.25, -0.2) is 22.2 Å². The lowest BCUT2D eigenvalue weighted by Crippen LogP contribution is -2.37. The predicted octanol–water partition coefficient (Wildman–Crippen LogP) is 1.25. The highest BCUT2D eigenvalue weighted by atomic mass is 32.2. The lowest BCUT2D eigenvalue weighted by Gasteiger charge is -2.29. The van der Waals surface area contributed by atoms with Crippen LogP contribution in [0.1, 0.15) is 37.1 Å². The third kappa shape index (κ3) is 3.85. The van der Waals surface area contributed by atoms with Gasteiger partial charge in [0.25, 0.3) is 0 Å². The van der Waals surface area contributed by atoms with Gasteiger partial charge in [0, 0.05) is 25.6 Å². The van der Waals surface area contributed by atoms with Crippen LogP contribution < -0.4 is 5.69 Å². The first kappa shape index (κ1) is 17.9. The SMILES string of the molecule is CCn1c(C2CCN(S(C)(=O)=O)CC2)nn(Cc2ccccc2)c1=O. The lowest BCUT2D eigenvalue weighted by molar-refractivity contribution is 0.310. The maximum Gasteiger partial charge on any atom is 0.346 e. The fourth-order valence-electron chi connectivity index (χ4n) is 3.36. The van der Waals surface area contributed by atoms with E-state index in [9.17, 15) is 13.2 Å². The fourth-order valence-corrected chi connectivity index (χ4v) is 4.24. The van der Waals surface area contributed by atoms with Gasteiger partial charge in [-0.1, -0.05) is 30.3 Å². The molecule has 0 unspecified atom stereocenters. The maximum absolute atomic E-state index is 12.6. The summed E-state index contributed by atoms with van der Waals surface area (Å²) >= 11 is 0. The number of sulfonamides is 1. The van der Waals surface area contributed by atoms with Crippen LogP contribution in [-0.4, -0.2) is 46.4 Å². The molecule has 0 aliphatic carbocycles. The van der Waals surface area contributed by atoms with Gasteiger partial charge < -0.3 is 0 Å². The molecule has 1 fully saturated rings. The van der Waals surface area contributed by atoms with Crippen LogP contribution in [0.4, 0.5) is 0 Å². The van der Waals surface area contributed by atoms with E-state index in [4.69, 9.17) is 0 Å². The Morgan fingerprint density at radius 1 is 1.16 bits per heavy atom. The summed E-state index contributed by atoms with van der Waals surface area (Å²) in [6, 6.07) is 9.78. The molecule has 0 N–H and O–H groups in total. The molecule has 3 rings (SSSR count). The van der Waals surface area contributed by atoms with Crippen molar-refractivity contribution in [1.82, 2.24) is 18.7 Å². The third-order valence-electron chi connectivity index (χ3n) is 4.73. The molecule has 25 heavy (non-hydrogen) atoms. The number of nitrogens with zero attached hydrogens (tertiary/aromatic N) is 4. The van der Waals surface area contributed by atoms with Gasteiger partial charge in [-0.15, -0.1) is 0 Å². The monoisotopic (exact) mass is 364 g/mol. The quantitative estimate of drug-likeness (QED) is 0.800. The summed E-state index contributed by atoms with van der Waals surface area (Å²) in [5.74, 6) is 0.888. The van der Waals surface area contributed by atoms with E-state index < -0.39 is 10.0 Å². The Hall–Kier alpha value is -1.93. The molecule has 8 heteroatoms. The fraction of sp³-hybridized carbons (Fsp3) is 0.529. The molecule has 1 aliphatic heterocycles. The Bertz CT molecular complexity index is 878. The molecular formula is C17H24N4O3S. The van der Waals surface area contributed by atoms with Gasteiger partial charge in [-0.3, -0.25) is 4.57 Å². The molecule has 0 atom stereocenters. The highest BCUT2D eigenvalue weighted by Gasteiger charge is 2.29. The molecule has 2 heterocycles. The molecular weight excluding hydrogens is 340 g/mol. The first-order valence-electron chi connectivity index (χ1n) is 8.56. The van der Waals surface area contributed by atoms with Crippen LogP contribution in [0.25, 0.3) is 0 Å². The van der Waals surface area contributed by atoms with Crippen molar-refractivity contribution >= 4 is 10.0 Å². The molecule has 0 amide bonds. The zero-order chi connectivity index (χ0) is 18.0. The summed E-state index contributed by atoms with van der Waals surface area (Å²) in [5.41, 5.74) is 0.927. The minimum atomic E-state index is -3.15. The molecule has 0 radical (unpaired) electrons. The second-order valence-electron chi connectivity index (χ2n) is 6.46. The Balaban J connectivity index is 1.83. The molecule has 1 aromatic heterocycles. The molecule has 2 aromatic rings. The predicted molar refractivity (Wildman–Crippen MR) is 96.1 cm³/mol. The normalized spacial score (nSPS) is 17.0. The second-order valence-corrected chi connectivity index (χ2v) is 8.45. The van der Waals surface area contributed by atoms with Crippen LogP contribution in [0.2, 0.25) is 0 Å². The standard InChI is InChI=1S/C17H24N4O3S/c1-3-20-16(15-9-11-19(12-10-15)25(2,23)24)18-21(17(20)22)13-14-7-5-4-6-8-14/h4-8,15H,3,9-13H2,1-2H3. The van der Waals surface area contributed by atoms with E-state index in [2.05, 4.69) is 5.10 Å². The molecule has 1 saturated heterocycles. The van der Waals surface area contributed by atoms with Gasteiger partial charge >= 0.3 is 5.69 Å². The molecule has 1 aliphatic rings. The summed E-state index contributed by atoms with van der Waals surface area (Å²) in [5, 5.41) is 4.59. The molecule has 0 spiro atoms. The minimum absolute atomic E-state index is 0.105. The van der Waals surface area contributed by atoms with Gasteiger partial charge in [0.1, 0.15) is 5.82 Å². The van der Waals surface area contributed by atoms with Crippen molar-refractivity contribution in [3.8, 4) is 0 Å². The first-order valence-corrected chi connectivity index (χ1v) is 10.4. The maximum atomic E-state index is 12.6. The second kappa shape index (κ2) is 7.13. The van der Waals surface area contributed by atoms with E-state index in [1.807, 2.05) is 37.3 Å². The van der Waals surface area contributed by atoms with E-state index >= 15 is 0 Å². The average Bonchev–Trinajstić information content (AvgIpc) is 2.91. The van der Waals surface area contributed by atoms with Crippen molar-refractivity contribution in [2.24, 2.45) is 0 Å². The van der Waals surface area contributed by atoms with Crippen LogP contribution >= 0.6 is 0 Å². The van der Waals surface area contributed by atoms with E-state index in [0.29, 0.717) is 39.0 Å². The highest BCUT2D eigenvalue weighted by molar-refractivity contribution is 7.88. The minimum Gasteiger partial charge on any atom is -0.279 e. The topological polar surface area (TPSA) is 77.2 Å². The largest absolute Gasteiger partial charge is 0.346 e. The lowest BCUT2D eigenvalue weighted by atomic mass is 9.97. The van der Waals surface area contributed by atoms with Crippen molar-refractivity contribution in [3.63, 3.8) is 0 Å².